The summed E-state index contributed by atoms with van der Waals surface area (Å²) in [6.07, 6.45) is 6.83. The van der Waals surface area contributed by atoms with Crippen LogP contribution in [0.3, 0.4) is 0 Å². The zero-order valence-corrected chi connectivity index (χ0v) is 12.3. The number of hydrogen-bond acceptors (Lipinski definition) is 4. The summed E-state index contributed by atoms with van der Waals surface area (Å²) in [6, 6.07) is 7.20. The van der Waals surface area contributed by atoms with E-state index in [0.29, 0.717) is 12.2 Å². The molecule has 0 atom stereocenters. The number of rotatable bonds is 8. The maximum absolute atomic E-state index is 11.9. The topological polar surface area (TPSA) is 67.2 Å². The minimum Gasteiger partial charge on any atom is -0.467 e. The molecule has 0 unspecified atom stereocenters. The van der Waals surface area contributed by atoms with Gasteiger partial charge in [0.2, 0.25) is 0 Å². The first-order valence-electron chi connectivity index (χ1n) is 7.30. The quantitative estimate of drug-likeness (QED) is 0.732. The van der Waals surface area contributed by atoms with Gasteiger partial charge in [-0.1, -0.05) is 19.8 Å². The van der Waals surface area contributed by atoms with Gasteiger partial charge in [-0.3, -0.25) is 4.79 Å². The first kappa shape index (κ1) is 15.1. The Morgan fingerprint density at radius 3 is 2.86 bits per heavy atom. The number of hydrogen-bond donors (Lipinski definition) is 2. The highest BCUT2D eigenvalue weighted by molar-refractivity contribution is 5.92. The fourth-order valence-corrected chi connectivity index (χ4v) is 1.91. The summed E-state index contributed by atoms with van der Waals surface area (Å²) in [7, 11) is 0. The van der Waals surface area contributed by atoms with E-state index < -0.39 is 0 Å². The Hall–Kier alpha value is -2.30. The van der Waals surface area contributed by atoms with E-state index in [4.69, 9.17) is 4.42 Å². The number of aromatic nitrogens is 1. The predicted octanol–water partition coefficient (Wildman–Crippen LogP) is 3.21. The van der Waals surface area contributed by atoms with E-state index in [1.54, 1.807) is 24.6 Å². The summed E-state index contributed by atoms with van der Waals surface area (Å²) in [6.45, 7) is 3.47. The number of unbranched alkanes of at least 4 members (excludes halogenated alkanes) is 2. The molecule has 5 nitrogen and oxygen atoms in total. The highest BCUT2D eigenvalue weighted by atomic mass is 16.3. The molecule has 0 radical (unpaired) electrons. The van der Waals surface area contributed by atoms with Crippen molar-refractivity contribution < 1.29 is 9.21 Å². The third kappa shape index (κ3) is 4.95. The molecule has 21 heavy (non-hydrogen) atoms. The van der Waals surface area contributed by atoms with E-state index in [1.165, 1.54) is 12.8 Å². The van der Waals surface area contributed by atoms with Crippen molar-refractivity contribution in [1.29, 1.82) is 0 Å². The molecule has 112 valence electrons. The van der Waals surface area contributed by atoms with Crippen molar-refractivity contribution in [2.45, 2.75) is 32.7 Å². The van der Waals surface area contributed by atoms with Crippen LogP contribution in [0.4, 0.5) is 5.69 Å². The van der Waals surface area contributed by atoms with Gasteiger partial charge in [0.05, 0.1) is 24.7 Å². The molecule has 2 heterocycles. The molecule has 0 bridgehead atoms. The number of furan rings is 1. The molecule has 0 aliphatic carbocycles. The molecule has 0 aliphatic heterocycles. The van der Waals surface area contributed by atoms with Gasteiger partial charge in [-0.25, -0.2) is 4.98 Å². The van der Waals surface area contributed by atoms with Crippen LogP contribution < -0.4 is 10.6 Å². The van der Waals surface area contributed by atoms with E-state index in [2.05, 4.69) is 22.5 Å². The van der Waals surface area contributed by atoms with Gasteiger partial charge in [0.25, 0.3) is 5.91 Å². The maximum Gasteiger partial charge on any atom is 0.270 e. The summed E-state index contributed by atoms with van der Waals surface area (Å²) in [5, 5.41) is 6.06. The number of carbonyl (C=O) groups is 1. The lowest BCUT2D eigenvalue weighted by molar-refractivity contribution is 0.0943. The fourth-order valence-electron chi connectivity index (χ4n) is 1.91. The Balaban J connectivity index is 1.79. The molecule has 0 aromatic carbocycles. The first-order valence-corrected chi connectivity index (χ1v) is 7.30. The Kier molecular flexibility index (Phi) is 5.82. The van der Waals surface area contributed by atoms with Crippen LogP contribution in [0.1, 0.15) is 42.4 Å². The highest BCUT2D eigenvalue weighted by Gasteiger charge is 2.07. The summed E-state index contributed by atoms with van der Waals surface area (Å²) in [5.74, 6) is 0.515. The van der Waals surface area contributed by atoms with Crippen LogP contribution in [0, 0.1) is 0 Å². The second-order valence-corrected chi connectivity index (χ2v) is 4.83. The third-order valence-corrected chi connectivity index (χ3v) is 3.11. The van der Waals surface area contributed by atoms with E-state index in [1.807, 2.05) is 12.1 Å². The number of nitrogens with one attached hydrogen (secondary N) is 2. The second-order valence-electron chi connectivity index (χ2n) is 4.83. The van der Waals surface area contributed by atoms with Crippen molar-refractivity contribution in [2.24, 2.45) is 0 Å². The van der Waals surface area contributed by atoms with Gasteiger partial charge in [0.15, 0.2) is 0 Å². The van der Waals surface area contributed by atoms with Gasteiger partial charge in [-0.15, -0.1) is 0 Å². The van der Waals surface area contributed by atoms with Crippen molar-refractivity contribution in [3.63, 3.8) is 0 Å². The zero-order chi connectivity index (χ0) is 14.9. The smallest absolute Gasteiger partial charge is 0.270 e. The highest BCUT2D eigenvalue weighted by Crippen LogP contribution is 2.07. The summed E-state index contributed by atoms with van der Waals surface area (Å²) < 4.78 is 5.16. The van der Waals surface area contributed by atoms with Crippen LogP contribution in [0.5, 0.6) is 0 Å². The molecule has 0 aliphatic rings. The summed E-state index contributed by atoms with van der Waals surface area (Å²) in [5.41, 5.74) is 1.34. The van der Waals surface area contributed by atoms with Crippen LogP contribution in [0.2, 0.25) is 0 Å². The molecule has 0 saturated heterocycles. The molecule has 0 saturated carbocycles. The predicted molar refractivity (Wildman–Crippen MR) is 82.1 cm³/mol. The summed E-state index contributed by atoms with van der Waals surface area (Å²) >= 11 is 0. The van der Waals surface area contributed by atoms with Crippen molar-refractivity contribution in [2.75, 3.05) is 11.9 Å². The number of amides is 1. The molecule has 0 fully saturated rings. The molecule has 2 aromatic heterocycles. The van der Waals surface area contributed by atoms with Gasteiger partial charge in [0.1, 0.15) is 11.5 Å². The fraction of sp³-hybridized carbons (Fsp3) is 0.375. The lowest BCUT2D eigenvalue weighted by Gasteiger charge is -2.07. The monoisotopic (exact) mass is 287 g/mol. The molecule has 1 amide bonds. The Labute approximate surface area is 124 Å². The Morgan fingerprint density at radius 2 is 2.19 bits per heavy atom. The summed E-state index contributed by atoms with van der Waals surface area (Å²) in [4.78, 5) is 16.1. The molecule has 5 heteroatoms. The number of nitrogens with zero attached hydrogens (tertiary/aromatic N) is 1. The molecule has 2 aromatic rings. The van der Waals surface area contributed by atoms with Gasteiger partial charge >= 0.3 is 0 Å². The largest absolute Gasteiger partial charge is 0.467 e. The van der Waals surface area contributed by atoms with Crippen LogP contribution >= 0.6 is 0 Å². The number of pyridine rings is 1. The maximum atomic E-state index is 11.9. The lowest BCUT2D eigenvalue weighted by atomic mass is 10.2. The average molecular weight is 287 g/mol. The molecule has 2 rings (SSSR count). The van der Waals surface area contributed by atoms with Crippen molar-refractivity contribution >= 4 is 11.6 Å². The van der Waals surface area contributed by atoms with E-state index >= 15 is 0 Å². The molecule has 2 N–H and O–H groups in total. The van der Waals surface area contributed by atoms with Crippen molar-refractivity contribution in [3.05, 3.63) is 48.2 Å². The average Bonchev–Trinajstić information content (AvgIpc) is 3.03. The SMILES string of the molecule is CCCCCNc1ccc(C(=O)NCc2ccco2)nc1. The molecular formula is C16H21N3O2. The Bertz CT molecular complexity index is 535. The van der Waals surface area contributed by atoms with E-state index in [-0.39, 0.29) is 5.91 Å². The molecule has 0 spiro atoms. The third-order valence-electron chi connectivity index (χ3n) is 3.11. The van der Waals surface area contributed by atoms with Crippen LogP contribution in [-0.4, -0.2) is 17.4 Å². The Morgan fingerprint density at radius 1 is 1.29 bits per heavy atom. The molecular weight excluding hydrogens is 266 g/mol. The van der Waals surface area contributed by atoms with Gasteiger partial charge < -0.3 is 15.1 Å². The number of anilines is 1. The first-order chi connectivity index (χ1) is 10.3. The van der Waals surface area contributed by atoms with Crippen LogP contribution in [-0.2, 0) is 6.54 Å². The van der Waals surface area contributed by atoms with Gasteiger partial charge in [-0.2, -0.15) is 0 Å². The van der Waals surface area contributed by atoms with Crippen molar-refractivity contribution in [1.82, 2.24) is 10.3 Å². The van der Waals surface area contributed by atoms with Gasteiger partial charge in [0, 0.05) is 6.54 Å². The normalized spacial score (nSPS) is 10.3. The lowest BCUT2D eigenvalue weighted by Crippen LogP contribution is -2.23. The minimum absolute atomic E-state index is 0.205. The zero-order valence-electron chi connectivity index (χ0n) is 12.3. The van der Waals surface area contributed by atoms with Crippen molar-refractivity contribution in [3.8, 4) is 0 Å². The van der Waals surface area contributed by atoms with E-state index in [0.717, 1.165) is 24.4 Å². The minimum atomic E-state index is -0.205. The second kappa shape index (κ2) is 8.09. The van der Waals surface area contributed by atoms with Crippen LogP contribution in [0.25, 0.3) is 0 Å². The number of carbonyl (C=O) groups excluding carboxylic acids is 1. The van der Waals surface area contributed by atoms with Crippen LogP contribution in [0.15, 0.2) is 41.1 Å². The standard InChI is InChI=1S/C16H21N3O2/c1-2-3-4-9-17-13-7-8-15(18-11-13)16(20)19-12-14-6-5-10-21-14/h5-8,10-11,17H,2-4,9,12H2,1H3,(H,19,20). The van der Waals surface area contributed by atoms with Gasteiger partial charge in [-0.05, 0) is 30.7 Å². The van der Waals surface area contributed by atoms with E-state index in [9.17, 15) is 4.79 Å².